The number of methoxy groups -OCH3 is 1. The van der Waals surface area contributed by atoms with Crippen LogP contribution in [0.2, 0.25) is 0 Å². The van der Waals surface area contributed by atoms with Gasteiger partial charge < -0.3 is 13.9 Å². The van der Waals surface area contributed by atoms with Crippen LogP contribution in [0.5, 0.6) is 5.75 Å². The van der Waals surface area contributed by atoms with E-state index in [1.807, 2.05) is 18.2 Å². The number of nitrogens with zero attached hydrogens (tertiary/aromatic N) is 1. The molecule has 0 aliphatic rings. The summed E-state index contributed by atoms with van der Waals surface area (Å²) in [5.41, 5.74) is 3.74. The van der Waals surface area contributed by atoms with Crippen LogP contribution in [0.25, 0.3) is 11.0 Å². The van der Waals surface area contributed by atoms with Gasteiger partial charge in [0.1, 0.15) is 11.3 Å². The average Bonchev–Trinajstić information content (AvgIpc) is 3.11. The van der Waals surface area contributed by atoms with Gasteiger partial charge in [0.2, 0.25) is 0 Å². The van der Waals surface area contributed by atoms with E-state index in [0.717, 1.165) is 5.39 Å². The molecule has 0 fully saturated rings. The number of hydrogen-bond acceptors (Lipinski definition) is 6. The van der Waals surface area contributed by atoms with Crippen LogP contribution in [-0.2, 0) is 9.53 Å². The van der Waals surface area contributed by atoms with Crippen LogP contribution in [0.15, 0.2) is 60.9 Å². The molecule has 1 aromatic heterocycles. The van der Waals surface area contributed by atoms with Crippen LogP contribution >= 0.6 is 31.9 Å². The van der Waals surface area contributed by atoms with Gasteiger partial charge in [0, 0.05) is 5.39 Å². The second kappa shape index (κ2) is 9.03. The average molecular weight is 510 g/mol. The lowest BCUT2D eigenvalue weighted by Crippen LogP contribution is -2.16. The number of rotatable bonds is 6. The Morgan fingerprint density at radius 3 is 2.57 bits per heavy atom. The van der Waals surface area contributed by atoms with Crippen LogP contribution < -0.4 is 10.2 Å². The number of esters is 1. The smallest absolute Gasteiger partial charge is 0.343 e. The molecule has 0 aliphatic heterocycles. The summed E-state index contributed by atoms with van der Waals surface area (Å²) >= 11 is 6.75. The predicted octanol–water partition coefficient (Wildman–Crippen LogP) is 4.27. The Kier molecular flexibility index (Phi) is 6.48. The third kappa shape index (κ3) is 4.79. The van der Waals surface area contributed by atoms with Gasteiger partial charge in [0.25, 0.3) is 0 Å². The van der Waals surface area contributed by atoms with Gasteiger partial charge in [0.05, 0.1) is 22.3 Å². The van der Waals surface area contributed by atoms with Crippen molar-refractivity contribution >= 4 is 60.9 Å². The van der Waals surface area contributed by atoms with Crippen molar-refractivity contribution in [2.75, 3.05) is 13.7 Å². The molecule has 2 aromatic carbocycles. The number of amides is 1. The topological polar surface area (TPSA) is 90.1 Å². The highest BCUT2D eigenvalue weighted by molar-refractivity contribution is 9.11. The largest absolute Gasteiger partial charge is 0.480 e. The van der Waals surface area contributed by atoms with Gasteiger partial charge in [-0.2, -0.15) is 5.10 Å². The Labute approximate surface area is 176 Å². The summed E-state index contributed by atoms with van der Waals surface area (Å²) in [4.78, 5) is 23.4. The lowest BCUT2D eigenvalue weighted by Gasteiger charge is -2.10. The number of ether oxygens (including phenoxy) is 2. The van der Waals surface area contributed by atoms with Crippen molar-refractivity contribution < 1.29 is 23.5 Å². The van der Waals surface area contributed by atoms with Crippen molar-refractivity contribution in [3.63, 3.8) is 0 Å². The zero-order chi connectivity index (χ0) is 20.1. The Morgan fingerprint density at radius 1 is 1.18 bits per heavy atom. The first-order chi connectivity index (χ1) is 13.5. The highest BCUT2D eigenvalue weighted by Crippen LogP contribution is 2.34. The van der Waals surface area contributed by atoms with Gasteiger partial charge in [-0.1, -0.05) is 18.2 Å². The molecular weight excluding hydrogens is 496 g/mol. The quantitative estimate of drug-likeness (QED) is 0.304. The van der Waals surface area contributed by atoms with Crippen molar-refractivity contribution in [1.29, 1.82) is 0 Å². The lowest BCUT2D eigenvalue weighted by atomic mass is 10.2. The third-order valence-corrected chi connectivity index (χ3v) is 4.79. The fourth-order valence-corrected chi connectivity index (χ4v) is 3.75. The Hall–Kier alpha value is -2.65. The second-order valence-electron chi connectivity index (χ2n) is 5.53. The first kappa shape index (κ1) is 20.1. The highest BCUT2D eigenvalue weighted by atomic mass is 79.9. The number of carbonyl (C=O) groups excluding carboxylic acids is 2. The molecule has 1 amide bonds. The molecule has 3 rings (SSSR count). The van der Waals surface area contributed by atoms with Crippen molar-refractivity contribution in [2.24, 2.45) is 5.10 Å². The number of halogens is 2. The van der Waals surface area contributed by atoms with Gasteiger partial charge in [-0.3, -0.25) is 4.79 Å². The number of hydrazone groups is 1. The zero-order valence-electron chi connectivity index (χ0n) is 14.6. The number of nitrogens with one attached hydrogen (secondary N) is 1. The lowest BCUT2D eigenvalue weighted by molar-refractivity contribution is -0.142. The second-order valence-corrected chi connectivity index (χ2v) is 7.23. The minimum Gasteiger partial charge on any atom is -0.480 e. The Balaban J connectivity index is 1.66. The van der Waals surface area contributed by atoms with Crippen molar-refractivity contribution in [3.8, 4) is 5.75 Å². The highest BCUT2D eigenvalue weighted by Gasteiger charge is 2.12. The molecule has 9 heteroatoms. The van der Waals surface area contributed by atoms with E-state index >= 15 is 0 Å². The number of benzene rings is 2. The molecule has 0 aliphatic carbocycles. The summed E-state index contributed by atoms with van der Waals surface area (Å²) in [5, 5.41) is 4.79. The van der Waals surface area contributed by atoms with E-state index in [2.05, 4.69) is 47.1 Å². The summed E-state index contributed by atoms with van der Waals surface area (Å²) in [6.45, 7) is -0.214. The first-order valence-corrected chi connectivity index (χ1v) is 9.57. The molecule has 0 saturated carbocycles. The normalized spacial score (nSPS) is 11.0. The van der Waals surface area contributed by atoms with Crippen LogP contribution in [-0.4, -0.2) is 31.8 Å². The minimum atomic E-state index is -0.488. The molecule has 0 radical (unpaired) electrons. The Morgan fingerprint density at radius 2 is 1.89 bits per heavy atom. The third-order valence-electron chi connectivity index (χ3n) is 3.61. The van der Waals surface area contributed by atoms with Crippen molar-refractivity contribution in [1.82, 2.24) is 5.43 Å². The summed E-state index contributed by atoms with van der Waals surface area (Å²) in [6.07, 6.45) is 1.47. The summed E-state index contributed by atoms with van der Waals surface area (Å²) < 4.78 is 16.7. The number of hydrogen-bond donors (Lipinski definition) is 1. The standard InChI is InChI=1S/C19H14Br2N2O5/c1-26-17(24)10-27-18-13(20)6-11(7-14(18)21)9-22-23-19(25)16-8-12-4-2-3-5-15(12)28-16/h2-9H,10H2,1H3,(H,23,25)/b22-9+. The maximum atomic E-state index is 12.2. The number of fused-ring (bicyclic) bond motifs is 1. The molecule has 3 aromatic rings. The molecule has 0 saturated heterocycles. The van der Waals surface area contributed by atoms with E-state index in [1.54, 1.807) is 24.3 Å². The molecular formula is C19H14Br2N2O5. The summed E-state index contributed by atoms with van der Waals surface area (Å²) in [5.74, 6) is -0.317. The number of para-hydroxylation sites is 1. The Bertz CT molecular complexity index is 1010. The zero-order valence-corrected chi connectivity index (χ0v) is 17.7. The van der Waals surface area contributed by atoms with E-state index in [0.29, 0.717) is 25.8 Å². The molecule has 1 N–H and O–H groups in total. The predicted molar refractivity (Wildman–Crippen MR) is 111 cm³/mol. The van der Waals surface area contributed by atoms with E-state index < -0.39 is 11.9 Å². The maximum Gasteiger partial charge on any atom is 0.343 e. The molecule has 0 bridgehead atoms. The van der Waals surface area contributed by atoms with Crippen molar-refractivity contribution in [3.05, 3.63) is 62.7 Å². The first-order valence-electron chi connectivity index (χ1n) is 7.98. The van der Waals surface area contributed by atoms with E-state index in [9.17, 15) is 9.59 Å². The van der Waals surface area contributed by atoms with Gasteiger partial charge >= 0.3 is 11.9 Å². The van der Waals surface area contributed by atoms with Crippen molar-refractivity contribution in [2.45, 2.75) is 0 Å². The van der Waals surface area contributed by atoms with Crippen LogP contribution in [0, 0.1) is 0 Å². The van der Waals surface area contributed by atoms with Crippen LogP contribution in [0.3, 0.4) is 0 Å². The molecule has 144 valence electrons. The van der Waals surface area contributed by atoms with Crippen LogP contribution in [0.4, 0.5) is 0 Å². The molecule has 0 unspecified atom stereocenters. The molecule has 28 heavy (non-hydrogen) atoms. The fraction of sp³-hybridized carbons (Fsp3) is 0.105. The van der Waals surface area contributed by atoms with Gasteiger partial charge in [-0.05, 0) is 61.7 Å². The molecule has 0 spiro atoms. The maximum absolute atomic E-state index is 12.2. The van der Waals surface area contributed by atoms with Crippen LogP contribution in [0.1, 0.15) is 16.1 Å². The van der Waals surface area contributed by atoms with Gasteiger partial charge in [0.15, 0.2) is 12.4 Å². The van der Waals surface area contributed by atoms with E-state index in [4.69, 9.17) is 9.15 Å². The molecule has 7 nitrogen and oxygen atoms in total. The summed E-state index contributed by atoms with van der Waals surface area (Å²) in [7, 11) is 1.29. The monoisotopic (exact) mass is 508 g/mol. The number of furan rings is 1. The molecule has 0 atom stereocenters. The van der Waals surface area contributed by atoms with Gasteiger partial charge in [-0.25, -0.2) is 10.2 Å². The summed E-state index contributed by atoms with van der Waals surface area (Å²) in [6, 6.07) is 12.5. The van der Waals surface area contributed by atoms with E-state index in [1.165, 1.54) is 13.3 Å². The van der Waals surface area contributed by atoms with E-state index in [-0.39, 0.29) is 12.4 Å². The number of carbonyl (C=O) groups is 2. The molecule has 1 heterocycles. The van der Waals surface area contributed by atoms with Gasteiger partial charge in [-0.15, -0.1) is 0 Å². The minimum absolute atomic E-state index is 0.173. The SMILES string of the molecule is COC(=O)COc1c(Br)cc(/C=N/NC(=O)c2cc3ccccc3o2)cc1Br. The fourth-order valence-electron chi connectivity index (χ4n) is 2.30.